The van der Waals surface area contributed by atoms with Crippen molar-refractivity contribution in [2.24, 2.45) is 7.05 Å². The molecule has 5 heteroatoms. The highest BCUT2D eigenvalue weighted by Gasteiger charge is 2.11. The van der Waals surface area contributed by atoms with Crippen molar-refractivity contribution in [3.05, 3.63) is 34.1 Å². The van der Waals surface area contributed by atoms with E-state index in [1.54, 1.807) is 6.20 Å². The van der Waals surface area contributed by atoms with E-state index in [1.807, 2.05) is 35.2 Å². The molecular weight excluding hydrogens is 242 g/mol. The lowest BCUT2D eigenvalue weighted by Gasteiger charge is -1.98. The van der Waals surface area contributed by atoms with Crippen molar-refractivity contribution in [1.82, 2.24) is 14.5 Å². The maximum atomic E-state index is 5.93. The van der Waals surface area contributed by atoms with Gasteiger partial charge in [-0.15, -0.1) is 11.3 Å². The molecular formula is C11H8ClN3S. The van der Waals surface area contributed by atoms with Crippen molar-refractivity contribution in [2.75, 3.05) is 0 Å². The second-order valence-electron chi connectivity index (χ2n) is 3.48. The number of hydrogen-bond donors (Lipinski definition) is 0. The summed E-state index contributed by atoms with van der Waals surface area (Å²) in [6.07, 6.45) is 1.75. The molecule has 0 aliphatic heterocycles. The number of hydrogen-bond acceptors (Lipinski definition) is 3. The number of rotatable bonds is 1. The summed E-state index contributed by atoms with van der Waals surface area (Å²) in [6, 6.07) is 5.84. The van der Waals surface area contributed by atoms with Gasteiger partial charge in [0.25, 0.3) is 0 Å². The normalized spacial score (nSPS) is 11.1. The molecule has 3 aromatic rings. The Morgan fingerprint density at radius 3 is 3.00 bits per heavy atom. The van der Waals surface area contributed by atoms with Crippen LogP contribution in [-0.4, -0.2) is 14.5 Å². The molecule has 80 valence electrons. The van der Waals surface area contributed by atoms with E-state index in [9.17, 15) is 0 Å². The Morgan fingerprint density at radius 2 is 2.31 bits per heavy atom. The smallest absolute Gasteiger partial charge is 0.178 e. The summed E-state index contributed by atoms with van der Waals surface area (Å²) in [5.74, 6) is 0.900. The standard InChI is InChI=1S/C11H8ClN3S/c1-15-8-3-2-4-13-10(8)14-11(15)7-5-9(12)16-6-7/h2-6H,1H3. The van der Waals surface area contributed by atoms with Crippen LogP contribution < -0.4 is 0 Å². The second kappa shape index (κ2) is 3.57. The van der Waals surface area contributed by atoms with Crippen molar-refractivity contribution in [2.45, 2.75) is 0 Å². The van der Waals surface area contributed by atoms with Gasteiger partial charge in [-0.05, 0) is 18.2 Å². The highest BCUT2D eigenvalue weighted by molar-refractivity contribution is 7.14. The SMILES string of the molecule is Cn1c(-c2csc(Cl)c2)nc2ncccc21. The van der Waals surface area contributed by atoms with Gasteiger partial charge in [0.2, 0.25) is 0 Å². The van der Waals surface area contributed by atoms with E-state index in [4.69, 9.17) is 11.6 Å². The lowest BCUT2D eigenvalue weighted by atomic mass is 10.3. The van der Waals surface area contributed by atoms with Gasteiger partial charge >= 0.3 is 0 Å². The quantitative estimate of drug-likeness (QED) is 0.662. The molecule has 0 saturated heterocycles. The van der Waals surface area contributed by atoms with Crippen LogP contribution in [0.4, 0.5) is 0 Å². The zero-order chi connectivity index (χ0) is 11.1. The Morgan fingerprint density at radius 1 is 1.44 bits per heavy atom. The number of halogens is 1. The minimum Gasteiger partial charge on any atom is -0.326 e. The van der Waals surface area contributed by atoms with Crippen LogP contribution in [0, 0.1) is 0 Å². The number of fused-ring (bicyclic) bond motifs is 1. The van der Waals surface area contributed by atoms with E-state index < -0.39 is 0 Å². The van der Waals surface area contributed by atoms with Crippen LogP contribution in [0.25, 0.3) is 22.6 Å². The molecule has 3 aromatic heterocycles. The summed E-state index contributed by atoms with van der Waals surface area (Å²) in [6.45, 7) is 0. The van der Waals surface area contributed by atoms with Crippen molar-refractivity contribution in [3.63, 3.8) is 0 Å². The Balaban J connectivity index is 2.28. The minimum atomic E-state index is 0.766. The molecule has 0 spiro atoms. The Hall–Kier alpha value is -1.39. The molecule has 0 saturated carbocycles. The summed E-state index contributed by atoms with van der Waals surface area (Å²) in [7, 11) is 1.98. The Labute approximate surface area is 101 Å². The Bertz CT molecular complexity index is 656. The van der Waals surface area contributed by atoms with Gasteiger partial charge in [-0.25, -0.2) is 9.97 Å². The van der Waals surface area contributed by atoms with Gasteiger partial charge in [-0.3, -0.25) is 0 Å². The van der Waals surface area contributed by atoms with E-state index in [0.717, 1.165) is 26.9 Å². The fourth-order valence-corrected chi connectivity index (χ4v) is 2.57. The molecule has 3 rings (SSSR count). The third-order valence-electron chi connectivity index (χ3n) is 2.48. The van der Waals surface area contributed by atoms with E-state index in [1.165, 1.54) is 11.3 Å². The summed E-state index contributed by atoms with van der Waals surface area (Å²) >= 11 is 7.44. The highest BCUT2D eigenvalue weighted by Crippen LogP contribution is 2.29. The predicted molar refractivity (Wildman–Crippen MR) is 66.8 cm³/mol. The van der Waals surface area contributed by atoms with Crippen LogP contribution in [0.2, 0.25) is 4.34 Å². The van der Waals surface area contributed by atoms with Crippen molar-refractivity contribution in [3.8, 4) is 11.4 Å². The molecule has 0 amide bonds. The number of pyridine rings is 1. The van der Waals surface area contributed by atoms with E-state index in [0.29, 0.717) is 0 Å². The average molecular weight is 250 g/mol. The number of aryl methyl sites for hydroxylation is 1. The first kappa shape index (κ1) is 9.81. The van der Waals surface area contributed by atoms with Crippen LogP contribution in [0.3, 0.4) is 0 Å². The zero-order valence-corrected chi connectivity index (χ0v) is 10.1. The molecule has 0 fully saturated rings. The molecule has 3 nitrogen and oxygen atoms in total. The number of aromatic nitrogens is 3. The van der Waals surface area contributed by atoms with Crippen molar-refractivity contribution in [1.29, 1.82) is 0 Å². The molecule has 0 atom stereocenters. The first-order valence-corrected chi connectivity index (χ1v) is 6.03. The first-order chi connectivity index (χ1) is 7.75. The average Bonchev–Trinajstić information content (AvgIpc) is 2.84. The monoisotopic (exact) mass is 249 g/mol. The molecule has 16 heavy (non-hydrogen) atoms. The van der Waals surface area contributed by atoms with Crippen molar-refractivity contribution < 1.29 is 0 Å². The molecule has 0 radical (unpaired) electrons. The van der Waals surface area contributed by atoms with Crippen molar-refractivity contribution >= 4 is 34.1 Å². The van der Waals surface area contributed by atoms with Gasteiger partial charge in [0.1, 0.15) is 5.82 Å². The topological polar surface area (TPSA) is 30.7 Å². The number of nitrogens with zero attached hydrogens (tertiary/aromatic N) is 3. The zero-order valence-electron chi connectivity index (χ0n) is 8.51. The van der Waals surface area contributed by atoms with E-state index >= 15 is 0 Å². The number of thiophene rings is 1. The van der Waals surface area contributed by atoms with Crippen LogP contribution >= 0.6 is 22.9 Å². The molecule has 0 N–H and O–H groups in total. The maximum absolute atomic E-state index is 5.93. The van der Waals surface area contributed by atoms with Gasteiger partial charge in [0.15, 0.2) is 5.65 Å². The lowest BCUT2D eigenvalue weighted by Crippen LogP contribution is -1.90. The molecule has 0 aliphatic carbocycles. The summed E-state index contributed by atoms with van der Waals surface area (Å²) in [5.41, 5.74) is 2.83. The van der Waals surface area contributed by atoms with Crippen LogP contribution in [-0.2, 0) is 7.05 Å². The summed E-state index contributed by atoms with van der Waals surface area (Å²) < 4.78 is 2.80. The largest absolute Gasteiger partial charge is 0.326 e. The first-order valence-electron chi connectivity index (χ1n) is 4.77. The molecule has 0 unspecified atom stereocenters. The molecule has 0 aromatic carbocycles. The minimum absolute atomic E-state index is 0.766. The fourth-order valence-electron chi connectivity index (χ4n) is 1.71. The summed E-state index contributed by atoms with van der Waals surface area (Å²) in [4.78, 5) is 8.73. The Kier molecular flexibility index (Phi) is 2.19. The van der Waals surface area contributed by atoms with Crippen LogP contribution in [0.15, 0.2) is 29.8 Å². The highest BCUT2D eigenvalue weighted by atomic mass is 35.5. The van der Waals surface area contributed by atoms with Gasteiger partial charge in [-0.1, -0.05) is 11.6 Å². The number of imidazole rings is 1. The van der Waals surface area contributed by atoms with Gasteiger partial charge in [0, 0.05) is 24.2 Å². The third kappa shape index (κ3) is 1.42. The van der Waals surface area contributed by atoms with E-state index in [-0.39, 0.29) is 0 Å². The van der Waals surface area contributed by atoms with Gasteiger partial charge < -0.3 is 4.57 Å². The van der Waals surface area contributed by atoms with Gasteiger partial charge in [0.05, 0.1) is 9.85 Å². The summed E-state index contributed by atoms with van der Waals surface area (Å²) in [5, 5.41) is 2.00. The molecule has 0 aliphatic rings. The van der Waals surface area contributed by atoms with Crippen LogP contribution in [0.5, 0.6) is 0 Å². The van der Waals surface area contributed by atoms with Crippen LogP contribution in [0.1, 0.15) is 0 Å². The fraction of sp³-hybridized carbons (Fsp3) is 0.0909. The lowest BCUT2D eigenvalue weighted by molar-refractivity contribution is 0.960. The maximum Gasteiger partial charge on any atom is 0.178 e. The molecule has 3 heterocycles. The third-order valence-corrected chi connectivity index (χ3v) is 3.57. The predicted octanol–water partition coefficient (Wildman–Crippen LogP) is 3.35. The van der Waals surface area contributed by atoms with E-state index in [2.05, 4.69) is 9.97 Å². The second-order valence-corrected chi connectivity index (χ2v) is 5.02. The van der Waals surface area contributed by atoms with Gasteiger partial charge in [-0.2, -0.15) is 0 Å². The molecule has 0 bridgehead atoms.